The zero-order valence-corrected chi connectivity index (χ0v) is 19.5. The largest absolute Gasteiger partial charge is 0.459 e. The minimum Gasteiger partial charge on any atom is -0.459 e. The van der Waals surface area contributed by atoms with Crippen molar-refractivity contribution in [3.05, 3.63) is 75.5 Å². The van der Waals surface area contributed by atoms with Gasteiger partial charge in [0.25, 0.3) is 5.91 Å². The molecule has 0 bridgehead atoms. The summed E-state index contributed by atoms with van der Waals surface area (Å²) >= 11 is 8.02. The Labute approximate surface area is 192 Å². The second-order valence-electron chi connectivity index (χ2n) is 7.71. The minimum absolute atomic E-state index is 0.0288. The van der Waals surface area contributed by atoms with Crippen LogP contribution >= 0.6 is 22.9 Å². The van der Waals surface area contributed by atoms with E-state index >= 15 is 0 Å². The van der Waals surface area contributed by atoms with E-state index in [2.05, 4.69) is 41.1 Å². The van der Waals surface area contributed by atoms with E-state index in [1.54, 1.807) is 23.5 Å². The first-order chi connectivity index (χ1) is 15.1. The van der Waals surface area contributed by atoms with E-state index in [1.807, 2.05) is 18.2 Å². The van der Waals surface area contributed by atoms with Crippen molar-refractivity contribution in [1.29, 1.82) is 0 Å². The van der Waals surface area contributed by atoms with Crippen molar-refractivity contribution in [3.8, 4) is 0 Å². The number of aryl methyl sites for hydroxylation is 1. The molecule has 31 heavy (non-hydrogen) atoms. The molecule has 5 nitrogen and oxygen atoms in total. The first kappa shape index (κ1) is 22.1. The quantitative estimate of drug-likeness (QED) is 0.506. The Hall–Kier alpha value is -2.12. The normalized spacial score (nSPS) is 16.4. The van der Waals surface area contributed by atoms with Crippen LogP contribution < -0.4 is 5.32 Å². The monoisotopic (exact) mass is 457 g/mol. The molecular formula is C24H28ClN3O2S. The average molecular weight is 458 g/mol. The number of halogens is 1. The fourth-order valence-electron chi connectivity index (χ4n) is 4.11. The Morgan fingerprint density at radius 1 is 1.16 bits per heavy atom. The number of anilines is 1. The lowest BCUT2D eigenvalue weighted by atomic mass is 9.97. The predicted octanol–water partition coefficient (Wildman–Crippen LogP) is 5.54. The van der Waals surface area contributed by atoms with Gasteiger partial charge in [-0.25, -0.2) is 0 Å². The van der Waals surface area contributed by atoms with E-state index in [9.17, 15) is 4.79 Å². The zero-order valence-electron chi connectivity index (χ0n) is 17.9. The van der Waals surface area contributed by atoms with Crippen molar-refractivity contribution in [3.63, 3.8) is 0 Å². The molecule has 4 rings (SSSR count). The molecule has 0 spiro atoms. The smallest absolute Gasteiger partial charge is 0.291 e. The molecule has 1 fully saturated rings. The molecule has 3 aromatic rings. The highest BCUT2D eigenvalue weighted by Gasteiger charge is 2.30. The Morgan fingerprint density at radius 2 is 1.97 bits per heavy atom. The van der Waals surface area contributed by atoms with E-state index in [0.29, 0.717) is 5.76 Å². The van der Waals surface area contributed by atoms with E-state index < -0.39 is 0 Å². The number of amides is 1. The van der Waals surface area contributed by atoms with Gasteiger partial charge in [-0.15, -0.1) is 11.3 Å². The molecule has 0 unspecified atom stereocenters. The van der Waals surface area contributed by atoms with Gasteiger partial charge in [0.2, 0.25) is 0 Å². The lowest BCUT2D eigenvalue weighted by Crippen LogP contribution is -2.47. The number of carbonyl (C=O) groups excluding carboxylic acids is 1. The molecule has 1 N–H and O–H groups in total. The van der Waals surface area contributed by atoms with Gasteiger partial charge in [-0.05, 0) is 48.9 Å². The van der Waals surface area contributed by atoms with Crippen molar-refractivity contribution in [2.24, 2.45) is 0 Å². The summed E-state index contributed by atoms with van der Waals surface area (Å²) < 4.78 is 5.30. The third-order valence-electron chi connectivity index (χ3n) is 5.81. The molecule has 1 atom stereocenters. The van der Waals surface area contributed by atoms with Gasteiger partial charge in [0.1, 0.15) is 5.00 Å². The molecule has 1 aromatic carbocycles. The molecule has 0 aliphatic carbocycles. The number of thiophene rings is 1. The highest BCUT2D eigenvalue weighted by atomic mass is 35.5. The Kier molecular flexibility index (Phi) is 7.13. The second kappa shape index (κ2) is 10.0. The van der Waals surface area contributed by atoms with Crippen LogP contribution in [0.1, 0.15) is 46.4 Å². The maximum Gasteiger partial charge on any atom is 0.291 e. The van der Waals surface area contributed by atoms with Crippen LogP contribution in [0.15, 0.2) is 53.1 Å². The maximum atomic E-state index is 12.8. The minimum atomic E-state index is -0.226. The zero-order chi connectivity index (χ0) is 21.8. The molecule has 1 aliphatic heterocycles. The van der Waals surface area contributed by atoms with Gasteiger partial charge in [-0.1, -0.05) is 37.6 Å². The van der Waals surface area contributed by atoms with Crippen LogP contribution in [-0.4, -0.2) is 48.4 Å². The number of nitrogens with zero attached hydrogens (tertiary/aromatic N) is 2. The number of hydrogen-bond acceptors (Lipinski definition) is 5. The highest BCUT2D eigenvalue weighted by molar-refractivity contribution is 7.16. The molecule has 0 saturated carbocycles. The number of furan rings is 1. The predicted molar refractivity (Wildman–Crippen MR) is 127 cm³/mol. The van der Waals surface area contributed by atoms with Gasteiger partial charge in [0, 0.05) is 41.6 Å². The second-order valence-corrected chi connectivity index (χ2v) is 9.28. The van der Waals surface area contributed by atoms with Gasteiger partial charge < -0.3 is 14.6 Å². The fourth-order valence-corrected chi connectivity index (χ4v) is 5.33. The summed E-state index contributed by atoms with van der Waals surface area (Å²) in [6, 6.07) is 13.7. The number of likely N-dealkylation sites (N-methyl/N-ethyl adjacent to an activating group) is 1. The van der Waals surface area contributed by atoms with Crippen LogP contribution in [-0.2, 0) is 6.42 Å². The molecule has 3 heterocycles. The van der Waals surface area contributed by atoms with E-state index in [-0.39, 0.29) is 11.9 Å². The summed E-state index contributed by atoms with van der Waals surface area (Å²) in [4.78, 5) is 19.0. The molecule has 164 valence electrons. The molecule has 1 aliphatic rings. The average Bonchev–Trinajstić information content (AvgIpc) is 3.45. The number of piperazine rings is 1. The number of rotatable bonds is 7. The SMILES string of the molecule is CCc1cc([C@H](c2cccc(Cl)c2)N2CCN(CC)CC2)c(NC(=O)c2ccco2)s1. The van der Waals surface area contributed by atoms with Crippen LogP contribution in [0.25, 0.3) is 0 Å². The Morgan fingerprint density at radius 3 is 2.61 bits per heavy atom. The topological polar surface area (TPSA) is 48.7 Å². The molecule has 2 aromatic heterocycles. The number of carbonyl (C=O) groups is 1. The Bertz CT molecular complexity index is 1010. The van der Waals surface area contributed by atoms with Crippen molar-refractivity contribution in [2.45, 2.75) is 26.3 Å². The maximum absolute atomic E-state index is 12.8. The fraction of sp³-hybridized carbons (Fsp3) is 0.375. The van der Waals surface area contributed by atoms with Crippen LogP contribution in [0.5, 0.6) is 0 Å². The van der Waals surface area contributed by atoms with Crippen molar-refractivity contribution < 1.29 is 9.21 Å². The first-order valence-electron chi connectivity index (χ1n) is 10.8. The van der Waals surface area contributed by atoms with Crippen molar-refractivity contribution in [2.75, 3.05) is 38.0 Å². The summed E-state index contributed by atoms with van der Waals surface area (Å²) in [7, 11) is 0. The number of nitrogens with one attached hydrogen (secondary N) is 1. The van der Waals surface area contributed by atoms with Gasteiger partial charge >= 0.3 is 0 Å². The van der Waals surface area contributed by atoms with Crippen molar-refractivity contribution in [1.82, 2.24) is 9.80 Å². The molecular weight excluding hydrogens is 430 g/mol. The summed E-state index contributed by atoms with van der Waals surface area (Å²) in [5.41, 5.74) is 2.26. The summed E-state index contributed by atoms with van der Waals surface area (Å²) in [6.07, 6.45) is 2.43. The summed E-state index contributed by atoms with van der Waals surface area (Å²) in [5, 5.41) is 4.71. The molecule has 0 radical (unpaired) electrons. The number of hydrogen-bond donors (Lipinski definition) is 1. The van der Waals surface area contributed by atoms with Crippen LogP contribution in [0.3, 0.4) is 0 Å². The molecule has 7 heteroatoms. The third-order valence-corrected chi connectivity index (χ3v) is 7.26. The van der Waals surface area contributed by atoms with Gasteiger partial charge in [0.15, 0.2) is 5.76 Å². The first-order valence-corrected chi connectivity index (χ1v) is 12.0. The Balaban J connectivity index is 1.72. The van der Waals surface area contributed by atoms with E-state index in [1.165, 1.54) is 11.1 Å². The van der Waals surface area contributed by atoms with Crippen LogP contribution in [0.4, 0.5) is 5.00 Å². The van der Waals surface area contributed by atoms with E-state index in [0.717, 1.165) is 60.3 Å². The standard InChI is InChI=1S/C24H28ClN3O2S/c1-3-19-16-20(24(31-19)26-23(29)21-9-6-14-30-21)22(17-7-5-8-18(25)15-17)28-12-10-27(4-2)11-13-28/h5-9,14-16,22H,3-4,10-13H2,1-2H3,(H,26,29)/t22-/m0/s1. The van der Waals surface area contributed by atoms with Gasteiger partial charge in [-0.3, -0.25) is 9.69 Å². The lowest BCUT2D eigenvalue weighted by molar-refractivity contribution is 0.0995. The van der Waals surface area contributed by atoms with Crippen LogP contribution in [0.2, 0.25) is 5.02 Å². The van der Waals surface area contributed by atoms with E-state index in [4.69, 9.17) is 16.0 Å². The molecule has 1 amide bonds. The number of benzene rings is 1. The van der Waals surface area contributed by atoms with Crippen LogP contribution in [0, 0.1) is 0 Å². The van der Waals surface area contributed by atoms with Gasteiger partial charge in [0.05, 0.1) is 12.3 Å². The highest BCUT2D eigenvalue weighted by Crippen LogP contribution is 2.40. The van der Waals surface area contributed by atoms with Crippen molar-refractivity contribution >= 4 is 33.8 Å². The van der Waals surface area contributed by atoms with Gasteiger partial charge in [-0.2, -0.15) is 0 Å². The summed E-state index contributed by atoms with van der Waals surface area (Å²) in [6.45, 7) is 9.42. The summed E-state index contributed by atoms with van der Waals surface area (Å²) in [5.74, 6) is 0.0877. The lowest BCUT2D eigenvalue weighted by Gasteiger charge is -2.39. The third kappa shape index (κ3) is 5.04. The molecule has 1 saturated heterocycles.